The zero-order chi connectivity index (χ0) is 20.5. The van der Waals surface area contributed by atoms with Crippen molar-refractivity contribution in [2.45, 2.75) is 24.7 Å². The third-order valence-corrected chi connectivity index (χ3v) is 6.41. The average Bonchev–Trinajstić information content (AvgIpc) is 3.33. The predicted octanol–water partition coefficient (Wildman–Crippen LogP) is 3.81. The van der Waals surface area contributed by atoms with Crippen LogP contribution in [0, 0.1) is 5.92 Å². The van der Waals surface area contributed by atoms with Crippen molar-refractivity contribution in [2.75, 3.05) is 13.1 Å². The second kappa shape index (κ2) is 7.82. The number of amides is 2. The van der Waals surface area contributed by atoms with Crippen LogP contribution in [0.2, 0.25) is 0 Å². The van der Waals surface area contributed by atoms with Gasteiger partial charge in [0.05, 0.1) is 11.8 Å². The van der Waals surface area contributed by atoms with Crippen LogP contribution < -0.4 is 10.6 Å². The average molecular weight is 400 g/mol. The molecule has 2 N–H and O–H groups in total. The molecule has 1 atom stereocenters. The molecule has 2 amide bonds. The standard InChI is InChI=1S/C25H24N2O3/c28-23(9-11-26-25(29)16-10-12-30-15-16)27-14-17-13-22-18-5-1-3-7-20(18)24(17)21-8-4-2-6-19(21)22/h1-8,10,12,15,17,22,24H,9,11,13-14H2,(H,26,29)(H,27,28)/t17-,22?,24?/m0/s1. The molecule has 152 valence electrons. The Morgan fingerprint density at radius 3 is 2.20 bits per heavy atom. The van der Waals surface area contributed by atoms with Crippen LogP contribution in [0.3, 0.4) is 0 Å². The normalized spacial score (nSPS) is 20.9. The zero-order valence-electron chi connectivity index (χ0n) is 16.6. The minimum absolute atomic E-state index is 0.0366. The molecule has 0 unspecified atom stereocenters. The van der Waals surface area contributed by atoms with E-state index in [9.17, 15) is 9.59 Å². The summed E-state index contributed by atoms with van der Waals surface area (Å²) in [5, 5.41) is 5.85. The molecule has 0 saturated carbocycles. The molecule has 30 heavy (non-hydrogen) atoms. The van der Waals surface area contributed by atoms with Crippen molar-refractivity contribution in [3.05, 3.63) is 94.9 Å². The third kappa shape index (κ3) is 3.30. The number of hydrogen-bond acceptors (Lipinski definition) is 3. The molecule has 5 nitrogen and oxygen atoms in total. The van der Waals surface area contributed by atoms with Crippen molar-refractivity contribution in [1.82, 2.24) is 10.6 Å². The molecule has 0 saturated heterocycles. The Morgan fingerprint density at radius 1 is 0.900 bits per heavy atom. The van der Waals surface area contributed by atoms with Gasteiger partial charge in [-0.15, -0.1) is 0 Å². The largest absolute Gasteiger partial charge is 0.472 e. The van der Waals surface area contributed by atoms with Gasteiger partial charge in [-0.1, -0.05) is 48.5 Å². The van der Waals surface area contributed by atoms with Crippen molar-refractivity contribution in [1.29, 1.82) is 0 Å². The zero-order valence-corrected chi connectivity index (χ0v) is 16.6. The number of carbonyl (C=O) groups is 2. The monoisotopic (exact) mass is 400 g/mol. The quantitative estimate of drug-likeness (QED) is 0.661. The second-order valence-corrected chi connectivity index (χ2v) is 8.11. The van der Waals surface area contributed by atoms with E-state index in [4.69, 9.17) is 4.42 Å². The van der Waals surface area contributed by atoms with Crippen molar-refractivity contribution in [3.8, 4) is 0 Å². The molecular weight excluding hydrogens is 376 g/mol. The van der Waals surface area contributed by atoms with E-state index in [-0.39, 0.29) is 18.2 Å². The first-order chi connectivity index (χ1) is 14.7. The molecule has 0 fully saturated rings. The highest BCUT2D eigenvalue weighted by Gasteiger charge is 2.42. The lowest BCUT2D eigenvalue weighted by Gasteiger charge is -2.45. The van der Waals surface area contributed by atoms with E-state index in [1.54, 1.807) is 6.07 Å². The Bertz CT molecular complexity index is 1030. The van der Waals surface area contributed by atoms with Gasteiger partial charge in [0.25, 0.3) is 5.91 Å². The van der Waals surface area contributed by atoms with E-state index >= 15 is 0 Å². The van der Waals surface area contributed by atoms with Gasteiger partial charge in [0.1, 0.15) is 6.26 Å². The molecular formula is C25H24N2O3. The summed E-state index contributed by atoms with van der Waals surface area (Å²) in [6.45, 7) is 0.955. The molecule has 0 aliphatic heterocycles. The highest BCUT2D eigenvalue weighted by molar-refractivity contribution is 5.94. The van der Waals surface area contributed by atoms with E-state index in [0.717, 1.165) is 6.42 Å². The first-order valence-electron chi connectivity index (χ1n) is 10.5. The summed E-state index contributed by atoms with van der Waals surface area (Å²) in [5.41, 5.74) is 6.14. The van der Waals surface area contributed by atoms with Gasteiger partial charge >= 0.3 is 0 Å². The lowest BCUT2D eigenvalue weighted by Crippen LogP contribution is -2.40. The maximum absolute atomic E-state index is 12.4. The van der Waals surface area contributed by atoms with E-state index in [1.165, 1.54) is 34.8 Å². The summed E-state index contributed by atoms with van der Waals surface area (Å²) in [6.07, 6.45) is 4.16. The molecule has 0 spiro atoms. The molecule has 2 bridgehead atoms. The Hall–Kier alpha value is -3.34. The summed E-state index contributed by atoms with van der Waals surface area (Å²) < 4.78 is 4.90. The Kier molecular flexibility index (Phi) is 4.87. The molecule has 0 radical (unpaired) electrons. The molecule has 3 aliphatic carbocycles. The van der Waals surface area contributed by atoms with Crippen LogP contribution in [0.25, 0.3) is 0 Å². The van der Waals surface area contributed by atoms with Crippen LogP contribution in [-0.4, -0.2) is 24.9 Å². The van der Waals surface area contributed by atoms with Crippen LogP contribution in [0.1, 0.15) is 57.3 Å². The van der Waals surface area contributed by atoms with E-state index in [1.807, 2.05) is 0 Å². The number of fused-ring (bicyclic) bond motifs is 1. The van der Waals surface area contributed by atoms with Crippen molar-refractivity contribution in [2.24, 2.45) is 5.92 Å². The third-order valence-electron chi connectivity index (χ3n) is 6.41. The SMILES string of the molecule is O=C(CCNC(=O)c1ccoc1)NC[C@@H]1CC2c3ccccc3C1c1ccccc12. The van der Waals surface area contributed by atoms with Crippen LogP contribution in [0.5, 0.6) is 0 Å². The molecule has 2 aromatic carbocycles. The number of hydrogen-bond donors (Lipinski definition) is 2. The highest BCUT2D eigenvalue weighted by Crippen LogP contribution is 2.55. The highest BCUT2D eigenvalue weighted by atomic mass is 16.3. The first kappa shape index (κ1) is 18.7. The smallest absolute Gasteiger partial charge is 0.254 e. The maximum Gasteiger partial charge on any atom is 0.254 e. The topological polar surface area (TPSA) is 71.3 Å². The van der Waals surface area contributed by atoms with E-state index < -0.39 is 0 Å². The fraction of sp³-hybridized carbons (Fsp3) is 0.280. The predicted molar refractivity (Wildman–Crippen MR) is 113 cm³/mol. The fourth-order valence-electron chi connectivity index (χ4n) is 5.08. The lowest BCUT2D eigenvalue weighted by molar-refractivity contribution is -0.121. The number of furan rings is 1. The van der Waals surface area contributed by atoms with Gasteiger partial charge < -0.3 is 15.1 Å². The van der Waals surface area contributed by atoms with Crippen LogP contribution in [0.15, 0.2) is 71.5 Å². The van der Waals surface area contributed by atoms with Gasteiger partial charge in [-0.25, -0.2) is 0 Å². The number of benzene rings is 2. The Labute approximate surface area is 175 Å². The van der Waals surface area contributed by atoms with E-state index in [2.05, 4.69) is 59.2 Å². The van der Waals surface area contributed by atoms with Crippen molar-refractivity contribution < 1.29 is 14.0 Å². The van der Waals surface area contributed by atoms with Crippen molar-refractivity contribution in [3.63, 3.8) is 0 Å². The van der Waals surface area contributed by atoms with Crippen molar-refractivity contribution >= 4 is 11.8 Å². The van der Waals surface area contributed by atoms with Gasteiger partial charge in [0.2, 0.25) is 5.91 Å². The first-order valence-corrected chi connectivity index (χ1v) is 10.5. The number of nitrogens with one attached hydrogen (secondary N) is 2. The van der Waals surface area contributed by atoms with Gasteiger partial charge in [-0.2, -0.15) is 0 Å². The second-order valence-electron chi connectivity index (χ2n) is 8.11. The summed E-state index contributed by atoms with van der Waals surface area (Å²) in [7, 11) is 0. The van der Waals surface area contributed by atoms with Crippen LogP contribution >= 0.6 is 0 Å². The molecule has 1 heterocycles. The number of rotatable bonds is 6. The Morgan fingerprint density at radius 2 is 1.57 bits per heavy atom. The fourth-order valence-corrected chi connectivity index (χ4v) is 5.08. The van der Waals surface area contributed by atoms with Gasteiger partial charge in [0, 0.05) is 31.3 Å². The summed E-state index contributed by atoms with van der Waals surface area (Å²) in [5.74, 6) is 0.839. The van der Waals surface area contributed by atoms with Gasteiger partial charge in [-0.05, 0) is 40.7 Å². The molecule has 3 aromatic rings. The minimum atomic E-state index is -0.227. The molecule has 1 aromatic heterocycles. The maximum atomic E-state index is 12.4. The summed E-state index contributed by atoms with van der Waals surface area (Å²) >= 11 is 0. The molecule has 6 rings (SSSR count). The van der Waals surface area contributed by atoms with Crippen LogP contribution in [0.4, 0.5) is 0 Å². The molecule has 3 aliphatic rings. The Balaban J connectivity index is 1.21. The lowest BCUT2D eigenvalue weighted by atomic mass is 9.59. The van der Waals surface area contributed by atoms with Gasteiger partial charge in [-0.3, -0.25) is 9.59 Å². The summed E-state index contributed by atoms with van der Waals surface area (Å²) in [6, 6.07) is 19.0. The minimum Gasteiger partial charge on any atom is -0.472 e. The van der Waals surface area contributed by atoms with Crippen LogP contribution in [-0.2, 0) is 4.79 Å². The van der Waals surface area contributed by atoms with E-state index in [0.29, 0.717) is 36.4 Å². The summed E-state index contributed by atoms with van der Waals surface area (Å²) in [4.78, 5) is 24.3. The molecule has 5 heteroatoms. The van der Waals surface area contributed by atoms with Gasteiger partial charge in [0.15, 0.2) is 0 Å². The number of carbonyl (C=O) groups excluding carboxylic acids is 2.